The molecule has 0 bridgehead atoms. The number of nitrogens with zero attached hydrogens (tertiary/aromatic N) is 4. The molecule has 2 aromatic rings. The lowest BCUT2D eigenvalue weighted by atomic mass is 9.69. The Labute approximate surface area is 169 Å². The number of aliphatic imine (C=N–C) groups is 3. The van der Waals surface area contributed by atoms with E-state index in [0.29, 0.717) is 12.4 Å². The van der Waals surface area contributed by atoms with E-state index >= 15 is 0 Å². The van der Waals surface area contributed by atoms with Gasteiger partial charge in [-0.1, -0.05) is 55.0 Å². The van der Waals surface area contributed by atoms with E-state index in [0.717, 1.165) is 47.6 Å². The van der Waals surface area contributed by atoms with Crippen LogP contribution in [0.4, 0.5) is 5.69 Å². The molecule has 5 nitrogen and oxygen atoms in total. The van der Waals surface area contributed by atoms with E-state index in [1.165, 1.54) is 0 Å². The zero-order chi connectivity index (χ0) is 19.4. The Balaban J connectivity index is 1.67. The van der Waals surface area contributed by atoms with Crippen LogP contribution in [0.3, 0.4) is 0 Å². The number of guanidine groups is 1. The molecule has 0 spiro atoms. The number of para-hydroxylation sites is 1. The largest absolute Gasteiger partial charge is 0.299 e. The van der Waals surface area contributed by atoms with E-state index in [4.69, 9.17) is 9.98 Å². The number of hydrogen-bond donors (Lipinski definition) is 0. The van der Waals surface area contributed by atoms with Gasteiger partial charge in [-0.15, -0.1) is 0 Å². The van der Waals surface area contributed by atoms with Gasteiger partial charge in [-0.25, -0.2) is 15.0 Å². The van der Waals surface area contributed by atoms with Gasteiger partial charge in [-0.05, 0) is 30.5 Å². The summed E-state index contributed by atoms with van der Waals surface area (Å²) in [5.41, 5.74) is 3.19. The van der Waals surface area contributed by atoms with Gasteiger partial charge in [0.15, 0.2) is 5.54 Å². The van der Waals surface area contributed by atoms with Crippen molar-refractivity contribution in [2.75, 3.05) is 0 Å². The van der Waals surface area contributed by atoms with E-state index in [1.54, 1.807) is 6.21 Å². The highest BCUT2D eigenvalue weighted by Gasteiger charge is 2.57. The normalized spacial score (nSPS) is 27.0. The third-order valence-corrected chi connectivity index (χ3v) is 6.37. The second kappa shape index (κ2) is 6.08. The van der Waals surface area contributed by atoms with Crippen LogP contribution >= 0.6 is 0 Å². The molecule has 3 aliphatic heterocycles. The lowest BCUT2D eigenvalue weighted by Gasteiger charge is -2.39. The number of ketones is 1. The van der Waals surface area contributed by atoms with Crippen LogP contribution < -0.4 is 0 Å². The molecule has 0 radical (unpaired) electrons. The van der Waals surface area contributed by atoms with E-state index in [1.807, 2.05) is 42.5 Å². The van der Waals surface area contributed by atoms with Gasteiger partial charge in [0.25, 0.3) is 0 Å². The van der Waals surface area contributed by atoms with E-state index < -0.39 is 5.54 Å². The van der Waals surface area contributed by atoms with Crippen LogP contribution in [0.1, 0.15) is 36.8 Å². The molecule has 1 fully saturated rings. The quantitative estimate of drug-likeness (QED) is 0.771. The molecule has 0 N–H and O–H groups in total. The fraction of sp³-hybridized carbons (Fsp3) is 0.250. The molecule has 3 heterocycles. The average molecular weight is 380 g/mol. The topological polar surface area (TPSA) is 57.4 Å². The molecule has 1 aliphatic carbocycles. The number of carbonyl (C=O) groups excluding carboxylic acids is 1. The molecule has 6 rings (SSSR count). The molecular weight excluding hydrogens is 360 g/mol. The molecule has 142 valence electrons. The lowest BCUT2D eigenvalue weighted by Crippen LogP contribution is -2.49. The number of carbonyl (C=O) groups is 1. The van der Waals surface area contributed by atoms with Gasteiger partial charge in [0.2, 0.25) is 5.96 Å². The fourth-order valence-corrected chi connectivity index (χ4v) is 5.07. The molecule has 2 atom stereocenters. The zero-order valence-corrected chi connectivity index (χ0v) is 16.0. The summed E-state index contributed by atoms with van der Waals surface area (Å²) in [6.45, 7) is 0. The number of benzene rings is 2. The number of rotatable bonds is 2. The molecule has 2 unspecified atom stereocenters. The summed E-state index contributed by atoms with van der Waals surface area (Å²) in [5.74, 6) is 1.48. The van der Waals surface area contributed by atoms with Crippen molar-refractivity contribution in [1.29, 1.82) is 0 Å². The summed E-state index contributed by atoms with van der Waals surface area (Å²) in [7, 11) is 0. The van der Waals surface area contributed by atoms with Crippen molar-refractivity contribution in [3.8, 4) is 0 Å². The maximum absolute atomic E-state index is 13.2. The lowest BCUT2D eigenvalue weighted by molar-refractivity contribution is -0.126. The Morgan fingerprint density at radius 1 is 1.00 bits per heavy atom. The van der Waals surface area contributed by atoms with Gasteiger partial charge < -0.3 is 0 Å². The van der Waals surface area contributed by atoms with Crippen LogP contribution in [0.2, 0.25) is 0 Å². The van der Waals surface area contributed by atoms with Crippen molar-refractivity contribution in [2.45, 2.75) is 31.2 Å². The summed E-state index contributed by atoms with van der Waals surface area (Å²) < 4.78 is 0. The Morgan fingerprint density at radius 3 is 2.69 bits per heavy atom. The first-order valence-corrected chi connectivity index (χ1v) is 10.2. The Hall–Kier alpha value is -3.34. The maximum atomic E-state index is 13.2. The minimum absolute atomic E-state index is 0.225. The van der Waals surface area contributed by atoms with Crippen LogP contribution in [-0.4, -0.2) is 28.7 Å². The summed E-state index contributed by atoms with van der Waals surface area (Å²) in [5, 5.41) is 0. The average Bonchev–Trinajstić information content (AvgIpc) is 3.11. The van der Waals surface area contributed by atoms with Crippen molar-refractivity contribution >= 4 is 35.2 Å². The van der Waals surface area contributed by atoms with Crippen molar-refractivity contribution in [3.05, 3.63) is 71.8 Å². The van der Waals surface area contributed by atoms with Crippen molar-refractivity contribution in [3.63, 3.8) is 0 Å². The molecule has 29 heavy (non-hydrogen) atoms. The van der Waals surface area contributed by atoms with Gasteiger partial charge in [-0.2, -0.15) is 0 Å². The van der Waals surface area contributed by atoms with Gasteiger partial charge >= 0.3 is 0 Å². The molecule has 2 aromatic carbocycles. The monoisotopic (exact) mass is 380 g/mol. The maximum Gasteiger partial charge on any atom is 0.232 e. The Kier molecular flexibility index (Phi) is 3.48. The van der Waals surface area contributed by atoms with Crippen LogP contribution in [0.15, 0.2) is 75.7 Å². The van der Waals surface area contributed by atoms with E-state index in [-0.39, 0.29) is 11.7 Å². The van der Waals surface area contributed by atoms with E-state index in [2.05, 4.69) is 28.1 Å². The summed E-state index contributed by atoms with van der Waals surface area (Å²) in [4.78, 5) is 30.1. The predicted octanol–water partition coefficient (Wildman–Crippen LogP) is 4.48. The molecule has 0 saturated heterocycles. The SMILES string of the molecule is O=C1CCCCC1C1(c2ccccc2)N=C2N=CC=C3c4ccccc4N=C1N32. The highest BCUT2D eigenvalue weighted by Crippen LogP contribution is 2.51. The van der Waals surface area contributed by atoms with Crippen molar-refractivity contribution in [1.82, 2.24) is 4.90 Å². The second-order valence-electron chi connectivity index (χ2n) is 7.93. The summed E-state index contributed by atoms with van der Waals surface area (Å²) in [6.07, 6.45) is 7.23. The fourth-order valence-electron chi connectivity index (χ4n) is 5.07. The standard InChI is InChI=1S/C24H20N4O/c29-21-13-7-5-11-18(21)24(16-8-2-1-3-9-16)22-26-19-12-6-4-10-17(19)20-14-15-25-23(27-24)28(20)22/h1-4,6,8-10,12,14-15,18H,5,7,11,13H2. The Bertz CT molecular complexity index is 1140. The third-order valence-electron chi connectivity index (χ3n) is 6.37. The number of allylic oxidation sites excluding steroid dienone is 1. The second-order valence-corrected chi connectivity index (χ2v) is 7.93. The number of amidine groups is 1. The van der Waals surface area contributed by atoms with Crippen LogP contribution in [0.5, 0.6) is 0 Å². The van der Waals surface area contributed by atoms with Crippen molar-refractivity contribution in [2.24, 2.45) is 20.9 Å². The van der Waals surface area contributed by atoms with Crippen LogP contribution in [0, 0.1) is 5.92 Å². The van der Waals surface area contributed by atoms with Gasteiger partial charge in [0.05, 0.1) is 17.3 Å². The highest BCUT2D eigenvalue weighted by atomic mass is 16.1. The smallest absolute Gasteiger partial charge is 0.232 e. The first-order chi connectivity index (χ1) is 14.3. The molecule has 0 amide bonds. The van der Waals surface area contributed by atoms with Crippen LogP contribution in [0.25, 0.3) is 5.70 Å². The van der Waals surface area contributed by atoms with Gasteiger partial charge in [-0.3, -0.25) is 9.69 Å². The summed E-state index contributed by atoms with van der Waals surface area (Å²) >= 11 is 0. The highest BCUT2D eigenvalue weighted by molar-refractivity contribution is 6.23. The van der Waals surface area contributed by atoms with Gasteiger partial charge in [0.1, 0.15) is 11.6 Å². The summed E-state index contributed by atoms with van der Waals surface area (Å²) in [6, 6.07) is 18.3. The van der Waals surface area contributed by atoms with Crippen LogP contribution in [-0.2, 0) is 10.3 Å². The first kappa shape index (κ1) is 16.6. The predicted molar refractivity (Wildman–Crippen MR) is 114 cm³/mol. The van der Waals surface area contributed by atoms with E-state index in [9.17, 15) is 4.79 Å². The minimum atomic E-state index is -0.831. The molecular formula is C24H20N4O. The number of fused-ring (bicyclic) bond motifs is 2. The molecule has 4 aliphatic rings. The van der Waals surface area contributed by atoms with Crippen molar-refractivity contribution < 1.29 is 4.79 Å². The molecule has 0 aromatic heterocycles. The van der Waals surface area contributed by atoms with Gasteiger partial charge in [0, 0.05) is 18.2 Å². The minimum Gasteiger partial charge on any atom is -0.299 e. The first-order valence-electron chi connectivity index (χ1n) is 10.2. The molecule has 5 heteroatoms. The zero-order valence-electron chi connectivity index (χ0n) is 16.0. The molecule has 1 saturated carbocycles. The number of Topliss-reactive ketones (excluding diaryl/α,β-unsaturated/α-hetero) is 1. The Morgan fingerprint density at radius 2 is 1.83 bits per heavy atom. The number of hydrogen-bond acceptors (Lipinski definition) is 5. The third kappa shape index (κ3) is 2.21.